The van der Waals surface area contributed by atoms with E-state index in [0.717, 1.165) is 5.56 Å². The zero-order valence-corrected chi connectivity index (χ0v) is 16.3. The summed E-state index contributed by atoms with van der Waals surface area (Å²) in [4.78, 5) is 25.9. The molecule has 0 saturated carbocycles. The normalized spacial score (nSPS) is 16.3. The number of methoxy groups -OCH3 is 2. The summed E-state index contributed by atoms with van der Waals surface area (Å²) < 4.78 is 10.2. The first-order chi connectivity index (χ1) is 14.0. The van der Waals surface area contributed by atoms with E-state index in [1.165, 1.54) is 25.3 Å². The third-order valence-corrected chi connectivity index (χ3v) is 4.72. The number of hydrogen-bond acceptors (Lipinski definition) is 6. The smallest absolute Gasteiger partial charge is 0.259 e. The van der Waals surface area contributed by atoms with Gasteiger partial charge in [-0.1, -0.05) is 30.3 Å². The van der Waals surface area contributed by atoms with Gasteiger partial charge in [0.2, 0.25) is 11.7 Å². The lowest BCUT2D eigenvalue weighted by atomic mass is 9.99. The van der Waals surface area contributed by atoms with E-state index < -0.39 is 0 Å². The Morgan fingerprint density at radius 2 is 1.90 bits per heavy atom. The van der Waals surface area contributed by atoms with E-state index in [4.69, 9.17) is 9.47 Å². The SMILES string of the molecule is COc1cc(C=NNC(=O)CN2CC(c3ccccc3)CC2=O)cc(OC)c1O. The standard InChI is InChI=1S/C21H23N3O5/c1-28-17-8-14(9-18(29-2)21(17)27)11-22-23-19(25)13-24-12-16(10-20(24)26)15-6-4-3-5-7-15/h3-9,11,16,27H,10,12-13H2,1-2H3,(H,23,25). The van der Waals surface area contributed by atoms with Crippen LogP contribution in [0.1, 0.15) is 23.5 Å². The van der Waals surface area contributed by atoms with Crippen molar-refractivity contribution in [3.8, 4) is 17.2 Å². The van der Waals surface area contributed by atoms with Crippen LogP contribution >= 0.6 is 0 Å². The number of nitrogens with zero attached hydrogens (tertiary/aromatic N) is 2. The Hall–Kier alpha value is -3.55. The maximum atomic E-state index is 12.2. The third kappa shape index (κ3) is 4.84. The first kappa shape index (κ1) is 20.2. The number of carbonyl (C=O) groups is 2. The van der Waals surface area contributed by atoms with E-state index in [0.29, 0.717) is 18.5 Å². The van der Waals surface area contributed by atoms with Crippen LogP contribution in [0, 0.1) is 0 Å². The van der Waals surface area contributed by atoms with Crippen LogP contribution < -0.4 is 14.9 Å². The van der Waals surface area contributed by atoms with Gasteiger partial charge in [0.25, 0.3) is 5.91 Å². The van der Waals surface area contributed by atoms with Crippen molar-refractivity contribution in [2.45, 2.75) is 12.3 Å². The average Bonchev–Trinajstić information content (AvgIpc) is 3.09. The number of nitrogens with one attached hydrogen (secondary N) is 1. The zero-order valence-electron chi connectivity index (χ0n) is 16.3. The van der Waals surface area contributed by atoms with Crippen molar-refractivity contribution in [3.05, 3.63) is 53.6 Å². The van der Waals surface area contributed by atoms with E-state index in [1.54, 1.807) is 12.1 Å². The van der Waals surface area contributed by atoms with Gasteiger partial charge in [0.15, 0.2) is 11.5 Å². The Morgan fingerprint density at radius 3 is 2.52 bits per heavy atom. The molecule has 1 aliphatic heterocycles. The zero-order chi connectivity index (χ0) is 20.8. The molecule has 152 valence electrons. The number of ether oxygens (including phenoxy) is 2. The Kier molecular flexibility index (Phi) is 6.33. The van der Waals surface area contributed by atoms with Gasteiger partial charge in [0.05, 0.1) is 20.4 Å². The molecule has 1 unspecified atom stereocenters. The molecule has 1 aliphatic rings. The molecular formula is C21H23N3O5. The molecule has 8 nitrogen and oxygen atoms in total. The lowest BCUT2D eigenvalue weighted by Gasteiger charge is -2.15. The van der Waals surface area contributed by atoms with E-state index in [2.05, 4.69) is 10.5 Å². The fourth-order valence-corrected chi connectivity index (χ4v) is 3.25. The average molecular weight is 397 g/mol. The number of aromatic hydroxyl groups is 1. The highest BCUT2D eigenvalue weighted by atomic mass is 16.5. The molecule has 1 atom stereocenters. The molecule has 2 aromatic rings. The van der Waals surface area contributed by atoms with E-state index in [1.807, 2.05) is 30.3 Å². The van der Waals surface area contributed by atoms with Gasteiger partial charge < -0.3 is 19.5 Å². The molecule has 0 bridgehead atoms. The molecule has 0 aromatic heterocycles. The quantitative estimate of drug-likeness (QED) is 0.549. The van der Waals surface area contributed by atoms with Gasteiger partial charge in [-0.2, -0.15) is 5.10 Å². The van der Waals surface area contributed by atoms with E-state index in [9.17, 15) is 14.7 Å². The van der Waals surface area contributed by atoms with Gasteiger partial charge >= 0.3 is 0 Å². The molecular weight excluding hydrogens is 374 g/mol. The summed E-state index contributed by atoms with van der Waals surface area (Å²) >= 11 is 0. The Morgan fingerprint density at radius 1 is 1.24 bits per heavy atom. The fourth-order valence-electron chi connectivity index (χ4n) is 3.25. The van der Waals surface area contributed by atoms with Crippen LogP contribution in [-0.2, 0) is 9.59 Å². The molecule has 0 spiro atoms. The Labute approximate surface area is 168 Å². The second kappa shape index (κ2) is 9.09. The first-order valence-electron chi connectivity index (χ1n) is 9.11. The summed E-state index contributed by atoms with van der Waals surface area (Å²) in [6.07, 6.45) is 1.80. The number of benzene rings is 2. The maximum Gasteiger partial charge on any atom is 0.259 e. The monoisotopic (exact) mass is 397 g/mol. The topological polar surface area (TPSA) is 100 Å². The maximum absolute atomic E-state index is 12.2. The van der Waals surface area contributed by atoms with Gasteiger partial charge in [0.1, 0.15) is 6.54 Å². The van der Waals surface area contributed by atoms with Crippen molar-refractivity contribution >= 4 is 18.0 Å². The molecule has 2 aromatic carbocycles. The predicted octanol–water partition coefficient (Wildman–Crippen LogP) is 1.88. The number of carbonyl (C=O) groups excluding carboxylic acids is 2. The molecule has 8 heteroatoms. The minimum atomic E-state index is -0.388. The Bertz CT molecular complexity index is 889. The number of phenolic OH excluding ortho intramolecular Hbond substituents is 1. The first-order valence-corrected chi connectivity index (χ1v) is 9.11. The molecule has 29 heavy (non-hydrogen) atoms. The highest BCUT2D eigenvalue weighted by molar-refractivity contribution is 5.88. The second-order valence-electron chi connectivity index (χ2n) is 6.65. The van der Waals surface area contributed by atoms with E-state index >= 15 is 0 Å². The van der Waals surface area contributed by atoms with Gasteiger partial charge in [-0.3, -0.25) is 9.59 Å². The highest BCUT2D eigenvalue weighted by Crippen LogP contribution is 2.36. The molecule has 1 fully saturated rings. The van der Waals surface area contributed by atoms with Crippen molar-refractivity contribution in [1.29, 1.82) is 0 Å². The summed E-state index contributed by atoms with van der Waals surface area (Å²) in [6, 6.07) is 12.9. The van der Waals surface area contributed by atoms with Crippen molar-refractivity contribution in [3.63, 3.8) is 0 Å². The molecule has 1 heterocycles. The number of hydrazone groups is 1. The molecule has 2 N–H and O–H groups in total. The van der Waals surface area contributed by atoms with Gasteiger partial charge in [0, 0.05) is 24.4 Å². The van der Waals surface area contributed by atoms with Crippen LogP contribution in [0.15, 0.2) is 47.6 Å². The molecule has 2 amide bonds. The minimum Gasteiger partial charge on any atom is -0.502 e. The fraction of sp³-hybridized carbons (Fsp3) is 0.286. The number of amides is 2. The van der Waals surface area contributed by atoms with Crippen LogP contribution in [0.5, 0.6) is 17.2 Å². The third-order valence-electron chi connectivity index (χ3n) is 4.72. The van der Waals surface area contributed by atoms with E-state index in [-0.39, 0.29) is 41.5 Å². The van der Waals surface area contributed by atoms with Crippen molar-refractivity contribution in [2.24, 2.45) is 5.10 Å². The Balaban J connectivity index is 1.57. The second-order valence-corrected chi connectivity index (χ2v) is 6.65. The van der Waals surface area contributed by atoms with Crippen LogP contribution in [0.25, 0.3) is 0 Å². The predicted molar refractivity (Wildman–Crippen MR) is 107 cm³/mol. The van der Waals surface area contributed by atoms with Crippen molar-refractivity contribution in [1.82, 2.24) is 10.3 Å². The number of phenols is 1. The van der Waals surface area contributed by atoms with Crippen molar-refractivity contribution < 1.29 is 24.2 Å². The van der Waals surface area contributed by atoms with Gasteiger partial charge in [-0.15, -0.1) is 0 Å². The summed E-state index contributed by atoms with van der Waals surface area (Å²) in [5, 5.41) is 13.8. The van der Waals surface area contributed by atoms with Crippen LogP contribution in [0.2, 0.25) is 0 Å². The molecule has 0 aliphatic carbocycles. The highest BCUT2D eigenvalue weighted by Gasteiger charge is 2.31. The van der Waals surface area contributed by atoms with Crippen LogP contribution in [-0.4, -0.2) is 55.3 Å². The lowest BCUT2D eigenvalue weighted by molar-refractivity contribution is -0.133. The van der Waals surface area contributed by atoms with Gasteiger partial charge in [-0.05, 0) is 17.7 Å². The largest absolute Gasteiger partial charge is 0.502 e. The summed E-state index contributed by atoms with van der Waals surface area (Å²) in [6.45, 7) is 0.452. The van der Waals surface area contributed by atoms with Crippen LogP contribution in [0.4, 0.5) is 0 Å². The summed E-state index contributed by atoms with van der Waals surface area (Å²) in [5.74, 6) is -0.000809. The van der Waals surface area contributed by atoms with Crippen LogP contribution in [0.3, 0.4) is 0 Å². The molecule has 1 saturated heterocycles. The number of hydrogen-bond donors (Lipinski definition) is 2. The summed E-state index contributed by atoms with van der Waals surface area (Å²) in [7, 11) is 2.85. The molecule has 0 radical (unpaired) electrons. The van der Waals surface area contributed by atoms with Crippen molar-refractivity contribution in [2.75, 3.05) is 27.3 Å². The lowest BCUT2D eigenvalue weighted by Crippen LogP contribution is -2.36. The minimum absolute atomic E-state index is 0.0500. The number of rotatable bonds is 7. The number of likely N-dealkylation sites (tertiary alicyclic amines) is 1. The van der Waals surface area contributed by atoms with Gasteiger partial charge in [-0.25, -0.2) is 5.43 Å². The molecule has 3 rings (SSSR count). The summed E-state index contributed by atoms with van der Waals surface area (Å²) in [5.41, 5.74) is 4.08.